The number of likely N-dealkylation sites (N-methyl/N-ethyl adjacent to an activating group) is 1. The fraction of sp³-hybridized carbons (Fsp3) is 0.960. The van der Waals surface area contributed by atoms with E-state index in [4.69, 9.17) is 18.9 Å². The van der Waals surface area contributed by atoms with Gasteiger partial charge in [-0.1, -0.05) is 27.7 Å². The second-order valence-electron chi connectivity index (χ2n) is 9.49. The number of hydrogen-bond donors (Lipinski definition) is 0. The van der Waals surface area contributed by atoms with Crippen LogP contribution in [-0.4, -0.2) is 83.2 Å². The van der Waals surface area contributed by atoms with Crippen LogP contribution in [-0.2, 0) is 23.7 Å². The number of carbonyl (C=O) groups excluding carboxylic acids is 1. The Labute approximate surface area is 192 Å². The molecule has 0 N–H and O–H groups in total. The molecule has 0 spiro atoms. The lowest BCUT2D eigenvalue weighted by Crippen LogP contribution is -2.30. The van der Waals surface area contributed by atoms with E-state index in [1.165, 1.54) is 0 Å². The van der Waals surface area contributed by atoms with Gasteiger partial charge in [-0.25, -0.2) is 0 Å². The molecule has 0 saturated carbocycles. The molecular formula is C25H51NO5. The minimum atomic E-state index is 0.0401. The van der Waals surface area contributed by atoms with Gasteiger partial charge in [-0.3, -0.25) is 4.79 Å². The van der Waals surface area contributed by atoms with Crippen LogP contribution in [0.4, 0.5) is 0 Å². The molecule has 0 bridgehead atoms. The summed E-state index contributed by atoms with van der Waals surface area (Å²) in [6.45, 7) is 18.7. The fourth-order valence-corrected chi connectivity index (χ4v) is 2.77. The third-order valence-corrected chi connectivity index (χ3v) is 5.69. The number of nitrogens with zero attached hydrogens (tertiary/aromatic N) is 1. The van der Waals surface area contributed by atoms with E-state index in [1.54, 1.807) is 0 Å². The van der Waals surface area contributed by atoms with E-state index in [0.717, 1.165) is 45.4 Å². The van der Waals surface area contributed by atoms with Crippen molar-refractivity contribution in [3.8, 4) is 0 Å². The van der Waals surface area contributed by atoms with E-state index in [9.17, 15) is 4.79 Å². The molecule has 0 heterocycles. The summed E-state index contributed by atoms with van der Waals surface area (Å²) >= 11 is 0. The summed E-state index contributed by atoms with van der Waals surface area (Å²) in [4.78, 5) is 14.5. The third kappa shape index (κ3) is 19.9. The van der Waals surface area contributed by atoms with Gasteiger partial charge in [-0.05, 0) is 58.4 Å². The maximum Gasteiger partial charge on any atom is 0.161 e. The lowest BCUT2D eigenvalue weighted by atomic mass is 9.94. The Kier molecular flexibility index (Phi) is 19.8. The van der Waals surface area contributed by atoms with Gasteiger partial charge < -0.3 is 23.8 Å². The number of carbonyl (C=O) groups is 1. The monoisotopic (exact) mass is 445 g/mol. The molecule has 0 aliphatic heterocycles. The summed E-state index contributed by atoms with van der Waals surface area (Å²) in [7, 11) is 2.09. The Morgan fingerprint density at radius 1 is 0.677 bits per heavy atom. The lowest BCUT2D eigenvalue weighted by molar-refractivity contribution is -0.127. The van der Waals surface area contributed by atoms with Crippen LogP contribution in [0.1, 0.15) is 67.2 Å². The first kappa shape index (κ1) is 30.5. The fourth-order valence-electron chi connectivity index (χ4n) is 2.77. The zero-order chi connectivity index (χ0) is 23.5. The minimum Gasteiger partial charge on any atom is -0.379 e. The van der Waals surface area contributed by atoms with E-state index in [1.807, 2.05) is 6.92 Å². The highest BCUT2D eigenvalue weighted by atomic mass is 16.5. The predicted octanol–water partition coefficient (Wildman–Crippen LogP) is 4.45. The van der Waals surface area contributed by atoms with Crippen molar-refractivity contribution < 1.29 is 23.7 Å². The maximum absolute atomic E-state index is 12.2. The van der Waals surface area contributed by atoms with E-state index >= 15 is 0 Å². The Bertz CT molecular complexity index is 417. The van der Waals surface area contributed by atoms with Gasteiger partial charge in [-0.2, -0.15) is 0 Å². The van der Waals surface area contributed by atoms with Crippen LogP contribution < -0.4 is 0 Å². The van der Waals surface area contributed by atoms with Crippen molar-refractivity contribution >= 4 is 5.78 Å². The summed E-state index contributed by atoms with van der Waals surface area (Å²) in [6, 6.07) is 0.521. The number of hydrogen-bond acceptors (Lipinski definition) is 6. The molecule has 0 aromatic carbocycles. The second-order valence-corrected chi connectivity index (χ2v) is 9.49. The van der Waals surface area contributed by atoms with Gasteiger partial charge in [-0.15, -0.1) is 0 Å². The van der Waals surface area contributed by atoms with E-state index < -0.39 is 0 Å². The SMILES string of the molecule is CC(C)CCOCCOCCC(C)CCC(C)C(=O)COCCOCCN(C)C(C)C. The van der Waals surface area contributed by atoms with Crippen LogP contribution in [0.5, 0.6) is 0 Å². The average molecular weight is 446 g/mol. The van der Waals surface area contributed by atoms with Gasteiger partial charge in [0.25, 0.3) is 0 Å². The van der Waals surface area contributed by atoms with E-state index in [2.05, 4.69) is 46.6 Å². The maximum atomic E-state index is 12.2. The summed E-state index contributed by atoms with van der Waals surface area (Å²) in [5.74, 6) is 1.46. The number of ketones is 1. The molecule has 0 aliphatic rings. The van der Waals surface area contributed by atoms with Crippen LogP contribution in [0.25, 0.3) is 0 Å². The highest BCUT2D eigenvalue weighted by molar-refractivity contribution is 5.81. The molecule has 6 nitrogen and oxygen atoms in total. The van der Waals surface area contributed by atoms with Gasteiger partial charge >= 0.3 is 0 Å². The number of Topliss-reactive ketones (excluding diaryl/α,β-unsaturated/α-hetero) is 1. The van der Waals surface area contributed by atoms with Crippen molar-refractivity contribution in [3.05, 3.63) is 0 Å². The zero-order valence-corrected chi connectivity index (χ0v) is 21.5. The zero-order valence-electron chi connectivity index (χ0n) is 21.5. The molecule has 2 atom stereocenters. The first-order valence-corrected chi connectivity index (χ1v) is 12.3. The average Bonchev–Trinajstić information content (AvgIpc) is 2.72. The van der Waals surface area contributed by atoms with E-state index in [-0.39, 0.29) is 18.3 Å². The van der Waals surface area contributed by atoms with Crippen molar-refractivity contribution in [2.75, 3.05) is 66.4 Å². The highest BCUT2D eigenvalue weighted by Gasteiger charge is 2.14. The third-order valence-electron chi connectivity index (χ3n) is 5.69. The van der Waals surface area contributed by atoms with Crippen LogP contribution >= 0.6 is 0 Å². The normalized spacial score (nSPS) is 14.0. The molecule has 0 saturated heterocycles. The van der Waals surface area contributed by atoms with Gasteiger partial charge in [0.1, 0.15) is 6.61 Å². The highest BCUT2D eigenvalue weighted by Crippen LogP contribution is 2.16. The molecule has 0 aliphatic carbocycles. The summed E-state index contributed by atoms with van der Waals surface area (Å²) < 4.78 is 22.3. The Hall–Kier alpha value is -0.530. The molecule has 0 radical (unpaired) electrons. The molecule has 6 heteroatoms. The molecule has 0 amide bonds. The van der Waals surface area contributed by atoms with E-state index in [0.29, 0.717) is 50.9 Å². The van der Waals surface area contributed by atoms with Gasteiger partial charge in [0, 0.05) is 31.7 Å². The molecule has 0 rings (SSSR count). The Morgan fingerprint density at radius 2 is 1.23 bits per heavy atom. The lowest BCUT2D eigenvalue weighted by Gasteiger charge is -2.20. The smallest absolute Gasteiger partial charge is 0.161 e. The molecule has 186 valence electrons. The van der Waals surface area contributed by atoms with Crippen molar-refractivity contribution in [1.29, 1.82) is 0 Å². The molecule has 2 unspecified atom stereocenters. The van der Waals surface area contributed by atoms with Crippen LogP contribution in [0.3, 0.4) is 0 Å². The first-order chi connectivity index (χ1) is 14.7. The molecule has 0 aromatic rings. The Morgan fingerprint density at radius 3 is 1.81 bits per heavy atom. The number of rotatable bonds is 22. The van der Waals surface area contributed by atoms with Crippen molar-refractivity contribution in [2.45, 2.75) is 73.3 Å². The van der Waals surface area contributed by atoms with Crippen LogP contribution in [0.2, 0.25) is 0 Å². The Balaban J connectivity index is 3.56. The topological polar surface area (TPSA) is 57.2 Å². The molecule has 31 heavy (non-hydrogen) atoms. The predicted molar refractivity (Wildman–Crippen MR) is 128 cm³/mol. The molecule has 0 aromatic heterocycles. The van der Waals surface area contributed by atoms with Gasteiger partial charge in [0.15, 0.2) is 5.78 Å². The largest absolute Gasteiger partial charge is 0.379 e. The van der Waals surface area contributed by atoms with Gasteiger partial charge in [0.05, 0.1) is 33.0 Å². The van der Waals surface area contributed by atoms with Crippen molar-refractivity contribution in [1.82, 2.24) is 4.90 Å². The standard InChI is InChI=1S/C25H51NO5/c1-21(2)10-13-28-16-17-29-14-11-23(5)8-9-24(6)25(27)20-31-19-18-30-15-12-26(7)22(3)4/h21-24H,8-20H2,1-7H3. The minimum absolute atomic E-state index is 0.0401. The second kappa shape index (κ2) is 20.1. The summed E-state index contributed by atoms with van der Waals surface area (Å²) in [5, 5.41) is 0. The van der Waals surface area contributed by atoms with Crippen molar-refractivity contribution in [3.63, 3.8) is 0 Å². The van der Waals surface area contributed by atoms with Crippen molar-refractivity contribution in [2.24, 2.45) is 17.8 Å². The summed E-state index contributed by atoms with van der Waals surface area (Å²) in [5.41, 5.74) is 0. The first-order valence-electron chi connectivity index (χ1n) is 12.3. The quantitative estimate of drug-likeness (QED) is 0.230. The molecule has 0 fully saturated rings. The van der Waals surface area contributed by atoms with Gasteiger partial charge in [0.2, 0.25) is 0 Å². The number of ether oxygens (including phenoxy) is 4. The van der Waals surface area contributed by atoms with Crippen LogP contribution in [0, 0.1) is 17.8 Å². The summed E-state index contributed by atoms with van der Waals surface area (Å²) in [6.07, 6.45) is 4.06. The van der Waals surface area contributed by atoms with Crippen LogP contribution in [0.15, 0.2) is 0 Å². The molecular weight excluding hydrogens is 394 g/mol.